The number of nitrogens with zero attached hydrogens (tertiary/aromatic N) is 1. The minimum Gasteiger partial charge on any atom is -0.481 e. The molecule has 6 heteroatoms. The van der Waals surface area contributed by atoms with Crippen LogP contribution in [0.15, 0.2) is 42.5 Å². The van der Waals surface area contributed by atoms with Gasteiger partial charge in [-0.3, -0.25) is 4.79 Å². The summed E-state index contributed by atoms with van der Waals surface area (Å²) < 4.78 is 18.6. The zero-order chi connectivity index (χ0) is 16.4. The Morgan fingerprint density at radius 2 is 1.96 bits per heavy atom. The molecule has 2 N–H and O–H groups in total. The summed E-state index contributed by atoms with van der Waals surface area (Å²) in [6.45, 7) is 2.35. The Kier molecular flexibility index (Phi) is 5.67. The minimum absolute atomic E-state index is 0. The summed E-state index contributed by atoms with van der Waals surface area (Å²) in [7, 11) is 0. The second kappa shape index (κ2) is 7.53. The Morgan fingerprint density at radius 3 is 2.67 bits per heavy atom. The number of carbonyl (C=O) groups excluding carboxylic acids is 1. The van der Waals surface area contributed by atoms with Crippen LogP contribution in [-0.2, 0) is 11.2 Å². The molecule has 0 bridgehead atoms. The number of hydrogen-bond acceptors (Lipinski definition) is 3. The molecule has 0 aromatic heterocycles. The van der Waals surface area contributed by atoms with E-state index in [1.807, 2.05) is 18.2 Å². The number of amides is 1. The molecule has 2 aromatic rings. The number of hydrogen-bond donors (Lipinski definition) is 1. The van der Waals surface area contributed by atoms with Crippen LogP contribution in [0.5, 0.6) is 5.75 Å². The molecular formula is C18H20ClFN2O2. The fraction of sp³-hybridized carbons (Fsp3) is 0.278. The van der Waals surface area contributed by atoms with Crippen molar-refractivity contribution in [3.63, 3.8) is 0 Å². The van der Waals surface area contributed by atoms with Gasteiger partial charge >= 0.3 is 0 Å². The first-order chi connectivity index (χ1) is 11.1. The molecule has 0 saturated heterocycles. The number of halogens is 2. The average Bonchev–Trinajstić information content (AvgIpc) is 2.56. The standard InChI is InChI=1S/C18H19FN2O2.ClH/c1-12(23-14-9-7-13(19)8-10-14)18(22)21-11-3-4-15-16(20)5-2-6-17(15)21;/h2,5-10,12H,3-4,11,20H2,1H3;1H. The number of ether oxygens (including phenoxy) is 1. The van der Waals surface area contributed by atoms with Gasteiger partial charge in [0.2, 0.25) is 0 Å². The fourth-order valence-corrected chi connectivity index (χ4v) is 2.87. The maximum atomic E-state index is 12.9. The van der Waals surface area contributed by atoms with Gasteiger partial charge in [-0.05, 0) is 61.7 Å². The van der Waals surface area contributed by atoms with Crippen LogP contribution in [0.3, 0.4) is 0 Å². The van der Waals surface area contributed by atoms with Crippen molar-refractivity contribution in [3.05, 3.63) is 53.8 Å². The number of rotatable bonds is 3. The molecule has 24 heavy (non-hydrogen) atoms. The molecule has 2 aromatic carbocycles. The van der Waals surface area contributed by atoms with E-state index in [0.29, 0.717) is 18.0 Å². The third-order valence-electron chi connectivity index (χ3n) is 4.03. The lowest BCUT2D eigenvalue weighted by Gasteiger charge is -2.32. The maximum absolute atomic E-state index is 12.9. The predicted molar refractivity (Wildman–Crippen MR) is 95.3 cm³/mol. The number of fused-ring (bicyclic) bond motifs is 1. The first-order valence-corrected chi connectivity index (χ1v) is 7.67. The van der Waals surface area contributed by atoms with Gasteiger partial charge in [-0.25, -0.2) is 4.39 Å². The number of nitrogen functional groups attached to an aromatic ring is 1. The van der Waals surface area contributed by atoms with E-state index in [2.05, 4.69) is 0 Å². The molecule has 0 fully saturated rings. The quantitative estimate of drug-likeness (QED) is 0.861. The van der Waals surface area contributed by atoms with Crippen molar-refractivity contribution in [3.8, 4) is 5.75 Å². The number of benzene rings is 2. The van der Waals surface area contributed by atoms with Crippen molar-refractivity contribution in [2.24, 2.45) is 0 Å². The van der Waals surface area contributed by atoms with E-state index in [1.54, 1.807) is 11.8 Å². The molecule has 1 heterocycles. The second-order valence-corrected chi connectivity index (χ2v) is 5.65. The summed E-state index contributed by atoms with van der Waals surface area (Å²) in [4.78, 5) is 14.5. The van der Waals surface area contributed by atoms with Crippen molar-refractivity contribution in [2.45, 2.75) is 25.9 Å². The van der Waals surface area contributed by atoms with E-state index in [9.17, 15) is 9.18 Å². The zero-order valence-corrected chi connectivity index (χ0v) is 14.2. The van der Waals surface area contributed by atoms with Crippen LogP contribution in [0.25, 0.3) is 0 Å². The Bertz CT molecular complexity index is 721. The van der Waals surface area contributed by atoms with Gasteiger partial charge in [0, 0.05) is 17.9 Å². The Labute approximate surface area is 146 Å². The fourth-order valence-electron chi connectivity index (χ4n) is 2.87. The van der Waals surface area contributed by atoms with E-state index in [4.69, 9.17) is 10.5 Å². The summed E-state index contributed by atoms with van der Waals surface area (Å²) >= 11 is 0. The molecule has 0 spiro atoms. The number of nitrogens with two attached hydrogens (primary N) is 1. The Balaban J connectivity index is 0.00000208. The van der Waals surface area contributed by atoms with Gasteiger partial charge in [0.1, 0.15) is 11.6 Å². The highest BCUT2D eigenvalue weighted by atomic mass is 35.5. The smallest absolute Gasteiger partial charge is 0.267 e. The van der Waals surface area contributed by atoms with Crippen molar-refractivity contribution in [2.75, 3.05) is 17.2 Å². The van der Waals surface area contributed by atoms with Crippen molar-refractivity contribution < 1.29 is 13.9 Å². The summed E-state index contributed by atoms with van der Waals surface area (Å²) in [5, 5.41) is 0. The molecule has 128 valence electrons. The first kappa shape index (κ1) is 18.1. The highest BCUT2D eigenvalue weighted by Crippen LogP contribution is 2.32. The van der Waals surface area contributed by atoms with Crippen LogP contribution in [0.1, 0.15) is 18.9 Å². The van der Waals surface area contributed by atoms with Gasteiger partial charge in [0.05, 0.1) is 0 Å². The van der Waals surface area contributed by atoms with Crippen LogP contribution >= 0.6 is 12.4 Å². The van der Waals surface area contributed by atoms with Crippen LogP contribution in [-0.4, -0.2) is 18.6 Å². The van der Waals surface area contributed by atoms with E-state index < -0.39 is 6.10 Å². The molecule has 1 atom stereocenters. The molecule has 3 rings (SSSR count). The minimum atomic E-state index is -0.659. The third-order valence-corrected chi connectivity index (χ3v) is 4.03. The third kappa shape index (κ3) is 3.62. The lowest BCUT2D eigenvalue weighted by molar-refractivity contribution is -0.124. The first-order valence-electron chi connectivity index (χ1n) is 7.67. The second-order valence-electron chi connectivity index (χ2n) is 5.65. The van der Waals surface area contributed by atoms with E-state index in [0.717, 1.165) is 24.1 Å². The average molecular weight is 351 g/mol. The van der Waals surface area contributed by atoms with E-state index in [-0.39, 0.29) is 24.1 Å². The van der Waals surface area contributed by atoms with Crippen LogP contribution in [0, 0.1) is 5.82 Å². The SMILES string of the molecule is CC(Oc1ccc(F)cc1)C(=O)N1CCCc2c(N)cccc21.Cl. The topological polar surface area (TPSA) is 55.6 Å². The molecule has 0 saturated carbocycles. The van der Waals surface area contributed by atoms with Crippen LogP contribution in [0.2, 0.25) is 0 Å². The number of carbonyl (C=O) groups is 1. The highest BCUT2D eigenvalue weighted by molar-refractivity contribution is 5.98. The largest absolute Gasteiger partial charge is 0.481 e. The Hall–Kier alpha value is -2.27. The van der Waals surface area contributed by atoms with Gasteiger partial charge in [-0.15, -0.1) is 12.4 Å². The van der Waals surface area contributed by atoms with Crippen LogP contribution < -0.4 is 15.4 Å². The summed E-state index contributed by atoms with van der Waals surface area (Å²) in [5.41, 5.74) is 8.60. The van der Waals surface area contributed by atoms with Crippen molar-refractivity contribution >= 4 is 29.7 Å². The molecule has 1 unspecified atom stereocenters. The molecule has 1 aliphatic heterocycles. The summed E-state index contributed by atoms with van der Waals surface area (Å²) in [5.74, 6) is 0.00898. The monoisotopic (exact) mass is 350 g/mol. The molecule has 0 aliphatic carbocycles. The molecule has 0 radical (unpaired) electrons. The molecule has 1 aliphatic rings. The predicted octanol–water partition coefficient (Wildman–Crippen LogP) is 3.58. The van der Waals surface area contributed by atoms with Gasteiger partial charge in [-0.1, -0.05) is 6.07 Å². The van der Waals surface area contributed by atoms with Crippen molar-refractivity contribution in [1.29, 1.82) is 0 Å². The van der Waals surface area contributed by atoms with Gasteiger partial charge in [0.15, 0.2) is 6.10 Å². The molecule has 1 amide bonds. The molecule has 4 nitrogen and oxygen atoms in total. The van der Waals surface area contributed by atoms with Crippen LogP contribution in [0.4, 0.5) is 15.8 Å². The Morgan fingerprint density at radius 1 is 1.25 bits per heavy atom. The lowest BCUT2D eigenvalue weighted by Crippen LogP contribution is -2.43. The maximum Gasteiger partial charge on any atom is 0.267 e. The van der Waals surface area contributed by atoms with E-state index >= 15 is 0 Å². The number of anilines is 2. The van der Waals surface area contributed by atoms with Crippen molar-refractivity contribution in [1.82, 2.24) is 0 Å². The summed E-state index contributed by atoms with van der Waals surface area (Å²) in [6, 6.07) is 11.3. The zero-order valence-electron chi connectivity index (χ0n) is 13.4. The summed E-state index contributed by atoms with van der Waals surface area (Å²) in [6.07, 6.45) is 1.09. The van der Waals surface area contributed by atoms with E-state index in [1.165, 1.54) is 24.3 Å². The van der Waals surface area contributed by atoms with Gasteiger partial charge in [-0.2, -0.15) is 0 Å². The lowest BCUT2D eigenvalue weighted by atomic mass is 9.99. The highest BCUT2D eigenvalue weighted by Gasteiger charge is 2.28. The normalized spacial score (nSPS) is 14.3. The van der Waals surface area contributed by atoms with Gasteiger partial charge < -0.3 is 15.4 Å². The molecular weight excluding hydrogens is 331 g/mol. The van der Waals surface area contributed by atoms with Gasteiger partial charge in [0.25, 0.3) is 5.91 Å².